The van der Waals surface area contributed by atoms with Crippen LogP contribution in [0.5, 0.6) is 5.75 Å². The third kappa shape index (κ3) is 2.50. The van der Waals surface area contributed by atoms with E-state index < -0.39 is 0 Å². The van der Waals surface area contributed by atoms with Crippen LogP contribution in [0.1, 0.15) is 18.2 Å². The highest BCUT2D eigenvalue weighted by molar-refractivity contribution is 5.66. The zero-order valence-corrected chi connectivity index (χ0v) is 10.1. The van der Waals surface area contributed by atoms with Crippen molar-refractivity contribution in [2.75, 3.05) is 6.61 Å². The van der Waals surface area contributed by atoms with Crippen molar-refractivity contribution in [3.05, 3.63) is 41.7 Å². The minimum absolute atomic E-state index is 0.0114. The van der Waals surface area contributed by atoms with E-state index in [0.717, 1.165) is 28.4 Å². The van der Waals surface area contributed by atoms with E-state index >= 15 is 0 Å². The summed E-state index contributed by atoms with van der Waals surface area (Å²) in [5.74, 6) is 2.40. The summed E-state index contributed by atoms with van der Waals surface area (Å²) in [6.07, 6.45) is 0. The topological polar surface area (TPSA) is 42.6 Å². The quantitative estimate of drug-likeness (QED) is 0.880. The lowest BCUT2D eigenvalue weighted by Crippen LogP contribution is -1.95. The Morgan fingerprint density at radius 1 is 1.24 bits per heavy atom. The van der Waals surface area contributed by atoms with Gasteiger partial charge in [0, 0.05) is 0 Å². The molecule has 0 aliphatic carbocycles. The van der Waals surface area contributed by atoms with Crippen molar-refractivity contribution in [1.29, 1.82) is 0 Å². The normalized spacial score (nSPS) is 10.5. The zero-order chi connectivity index (χ0) is 12.3. The largest absolute Gasteiger partial charge is 0.493 e. The summed E-state index contributed by atoms with van der Waals surface area (Å²) in [5, 5.41) is 9.12. The van der Waals surface area contributed by atoms with Crippen LogP contribution in [0, 0.1) is 6.92 Å². The van der Waals surface area contributed by atoms with E-state index in [9.17, 15) is 0 Å². The van der Waals surface area contributed by atoms with Gasteiger partial charge >= 0.3 is 0 Å². The lowest BCUT2D eigenvalue weighted by molar-refractivity contribution is 0.280. The van der Waals surface area contributed by atoms with E-state index in [1.54, 1.807) is 0 Å². The molecule has 2 aromatic rings. The number of ether oxygens (including phenoxy) is 1. The third-order valence-corrected chi connectivity index (χ3v) is 2.53. The number of rotatable bonds is 4. The summed E-state index contributed by atoms with van der Waals surface area (Å²) >= 11 is 0. The van der Waals surface area contributed by atoms with Crippen LogP contribution >= 0.6 is 0 Å². The Balaban J connectivity index is 2.45. The van der Waals surface area contributed by atoms with Crippen LogP contribution in [0.2, 0.25) is 0 Å². The average molecular weight is 232 g/mol. The summed E-state index contributed by atoms with van der Waals surface area (Å²) in [6, 6.07) is 9.47. The number of aryl methyl sites for hydroxylation is 1. The first-order chi connectivity index (χ1) is 8.24. The molecule has 3 heteroatoms. The number of hydrogen-bond acceptors (Lipinski definition) is 3. The minimum atomic E-state index is 0.0114. The molecule has 2 rings (SSSR count). The SMILES string of the molecule is CCOc1cc(CO)ccc1-c1ccc(C)o1. The molecule has 3 nitrogen and oxygen atoms in total. The smallest absolute Gasteiger partial charge is 0.137 e. The standard InChI is InChI=1S/C14H16O3/c1-3-16-14-8-11(9-15)5-6-12(14)13-7-4-10(2)17-13/h4-8,15H,3,9H2,1-2H3. The number of aliphatic hydroxyl groups is 1. The molecule has 0 atom stereocenters. The second-order valence-electron chi connectivity index (χ2n) is 3.83. The van der Waals surface area contributed by atoms with Gasteiger partial charge in [0.1, 0.15) is 17.3 Å². The van der Waals surface area contributed by atoms with Crippen LogP contribution in [0.25, 0.3) is 11.3 Å². The molecule has 0 saturated heterocycles. The molecule has 17 heavy (non-hydrogen) atoms. The fourth-order valence-corrected chi connectivity index (χ4v) is 1.72. The molecule has 0 aliphatic heterocycles. The first kappa shape index (κ1) is 11.7. The van der Waals surface area contributed by atoms with Gasteiger partial charge in [-0.25, -0.2) is 0 Å². The second-order valence-corrected chi connectivity index (χ2v) is 3.83. The molecule has 0 spiro atoms. The maximum absolute atomic E-state index is 9.12. The van der Waals surface area contributed by atoms with Gasteiger partial charge in [0.15, 0.2) is 0 Å². The highest BCUT2D eigenvalue weighted by Gasteiger charge is 2.10. The predicted octanol–water partition coefficient (Wildman–Crippen LogP) is 3.15. The van der Waals surface area contributed by atoms with Gasteiger partial charge in [-0.1, -0.05) is 6.07 Å². The van der Waals surface area contributed by atoms with Crippen molar-refractivity contribution in [2.24, 2.45) is 0 Å². The highest BCUT2D eigenvalue weighted by Crippen LogP contribution is 2.32. The fraction of sp³-hybridized carbons (Fsp3) is 0.286. The van der Waals surface area contributed by atoms with E-state index in [1.165, 1.54) is 0 Å². The Morgan fingerprint density at radius 2 is 2.06 bits per heavy atom. The molecular weight excluding hydrogens is 216 g/mol. The lowest BCUT2D eigenvalue weighted by atomic mass is 10.1. The van der Waals surface area contributed by atoms with Crippen LogP contribution in [0.3, 0.4) is 0 Å². The number of furan rings is 1. The summed E-state index contributed by atoms with van der Waals surface area (Å²) in [6.45, 7) is 4.44. The molecule has 90 valence electrons. The van der Waals surface area contributed by atoms with Crippen LogP contribution in [0.4, 0.5) is 0 Å². The number of hydrogen-bond donors (Lipinski definition) is 1. The zero-order valence-electron chi connectivity index (χ0n) is 10.1. The molecule has 1 N–H and O–H groups in total. The van der Waals surface area contributed by atoms with Gasteiger partial charge in [0.25, 0.3) is 0 Å². The summed E-state index contributed by atoms with van der Waals surface area (Å²) in [7, 11) is 0. The molecule has 1 heterocycles. The van der Waals surface area contributed by atoms with Crippen molar-refractivity contribution in [3.8, 4) is 17.1 Å². The van der Waals surface area contributed by atoms with Gasteiger partial charge in [-0.2, -0.15) is 0 Å². The predicted molar refractivity (Wildman–Crippen MR) is 66.0 cm³/mol. The van der Waals surface area contributed by atoms with Gasteiger partial charge in [-0.15, -0.1) is 0 Å². The van der Waals surface area contributed by atoms with Crippen molar-refractivity contribution in [3.63, 3.8) is 0 Å². The molecule has 0 bridgehead atoms. The summed E-state index contributed by atoms with van der Waals surface area (Å²) in [4.78, 5) is 0. The average Bonchev–Trinajstić information content (AvgIpc) is 2.76. The Kier molecular flexibility index (Phi) is 3.49. The maximum atomic E-state index is 9.12. The lowest BCUT2D eigenvalue weighted by Gasteiger charge is -2.09. The minimum Gasteiger partial charge on any atom is -0.493 e. The molecule has 0 unspecified atom stereocenters. The Labute approximate surface area is 101 Å². The summed E-state index contributed by atoms with van der Waals surface area (Å²) in [5.41, 5.74) is 1.75. The van der Waals surface area contributed by atoms with E-state index in [1.807, 2.05) is 44.2 Å². The molecule has 0 saturated carbocycles. The molecule has 1 aromatic heterocycles. The van der Waals surface area contributed by atoms with Crippen LogP contribution in [-0.2, 0) is 6.61 Å². The Morgan fingerprint density at radius 3 is 2.65 bits per heavy atom. The molecular formula is C14H16O3. The van der Waals surface area contributed by atoms with E-state index in [-0.39, 0.29) is 6.61 Å². The van der Waals surface area contributed by atoms with Crippen molar-refractivity contribution in [2.45, 2.75) is 20.5 Å². The van der Waals surface area contributed by atoms with Gasteiger partial charge in [0.05, 0.1) is 18.8 Å². The first-order valence-corrected chi connectivity index (χ1v) is 5.68. The van der Waals surface area contributed by atoms with Crippen molar-refractivity contribution in [1.82, 2.24) is 0 Å². The monoisotopic (exact) mass is 232 g/mol. The third-order valence-electron chi connectivity index (χ3n) is 2.53. The van der Waals surface area contributed by atoms with Crippen LogP contribution < -0.4 is 4.74 Å². The van der Waals surface area contributed by atoms with Crippen molar-refractivity contribution < 1.29 is 14.3 Å². The van der Waals surface area contributed by atoms with Crippen molar-refractivity contribution >= 4 is 0 Å². The number of benzene rings is 1. The fourth-order valence-electron chi connectivity index (χ4n) is 1.72. The number of aliphatic hydroxyl groups excluding tert-OH is 1. The van der Waals surface area contributed by atoms with E-state index in [4.69, 9.17) is 14.3 Å². The van der Waals surface area contributed by atoms with Gasteiger partial charge in [-0.3, -0.25) is 0 Å². The first-order valence-electron chi connectivity index (χ1n) is 5.68. The van der Waals surface area contributed by atoms with E-state index in [2.05, 4.69) is 0 Å². The van der Waals surface area contributed by atoms with Crippen LogP contribution in [0.15, 0.2) is 34.7 Å². The van der Waals surface area contributed by atoms with Gasteiger partial charge in [0.2, 0.25) is 0 Å². The van der Waals surface area contributed by atoms with Crippen LogP contribution in [-0.4, -0.2) is 11.7 Å². The molecule has 0 amide bonds. The highest BCUT2D eigenvalue weighted by atomic mass is 16.5. The molecule has 0 aliphatic rings. The van der Waals surface area contributed by atoms with Gasteiger partial charge in [-0.05, 0) is 43.7 Å². The maximum Gasteiger partial charge on any atom is 0.137 e. The second kappa shape index (κ2) is 5.06. The Hall–Kier alpha value is -1.74. The Bertz CT molecular complexity index is 500. The summed E-state index contributed by atoms with van der Waals surface area (Å²) < 4.78 is 11.2. The van der Waals surface area contributed by atoms with Gasteiger partial charge < -0.3 is 14.3 Å². The molecule has 1 aromatic carbocycles. The van der Waals surface area contributed by atoms with E-state index in [0.29, 0.717) is 6.61 Å². The molecule has 0 fully saturated rings. The molecule has 0 radical (unpaired) electrons.